The molecule has 1 unspecified atom stereocenters. The summed E-state index contributed by atoms with van der Waals surface area (Å²) in [5, 5.41) is 9.18. The summed E-state index contributed by atoms with van der Waals surface area (Å²) in [6, 6.07) is 6.11. The summed E-state index contributed by atoms with van der Waals surface area (Å²) in [5.41, 5.74) is 3.25. The molecule has 1 atom stereocenters. The number of nitrogens with zero attached hydrogens (tertiary/aromatic N) is 2. The van der Waals surface area contributed by atoms with Gasteiger partial charge >= 0.3 is 5.97 Å². The molecule has 5 heteroatoms. The van der Waals surface area contributed by atoms with Crippen molar-refractivity contribution in [3.05, 3.63) is 23.8 Å². The smallest absolute Gasteiger partial charge is 0.308 e. The normalized spacial score (nSPS) is 21.3. The van der Waals surface area contributed by atoms with Crippen LogP contribution in [0.3, 0.4) is 0 Å². The van der Waals surface area contributed by atoms with Crippen molar-refractivity contribution >= 4 is 23.3 Å². The number of carbonyl (C=O) groups excluding carboxylic acids is 1. The molecule has 0 radical (unpaired) electrons. The Hall–Kier alpha value is -2.04. The van der Waals surface area contributed by atoms with Gasteiger partial charge in [-0.15, -0.1) is 0 Å². The number of hydrogen-bond acceptors (Lipinski definition) is 3. The van der Waals surface area contributed by atoms with E-state index in [1.807, 2.05) is 12.1 Å². The van der Waals surface area contributed by atoms with Crippen molar-refractivity contribution in [3.8, 4) is 0 Å². The van der Waals surface area contributed by atoms with Gasteiger partial charge in [-0.1, -0.05) is 0 Å². The van der Waals surface area contributed by atoms with Crippen LogP contribution in [0.4, 0.5) is 11.4 Å². The van der Waals surface area contributed by atoms with E-state index in [-0.39, 0.29) is 11.8 Å². The van der Waals surface area contributed by atoms with E-state index in [0.717, 1.165) is 43.7 Å². The first kappa shape index (κ1) is 13.9. The number of anilines is 2. The Morgan fingerprint density at radius 2 is 2.10 bits per heavy atom. The van der Waals surface area contributed by atoms with Crippen LogP contribution in [-0.4, -0.2) is 36.6 Å². The summed E-state index contributed by atoms with van der Waals surface area (Å²) < 4.78 is 0. The first-order valence-corrected chi connectivity index (χ1v) is 7.45. The lowest BCUT2D eigenvalue weighted by atomic mass is 9.97. The number of benzene rings is 1. The van der Waals surface area contributed by atoms with Gasteiger partial charge in [-0.05, 0) is 43.0 Å². The van der Waals surface area contributed by atoms with Crippen molar-refractivity contribution in [2.45, 2.75) is 26.2 Å². The zero-order valence-corrected chi connectivity index (χ0v) is 12.2. The number of hydrogen-bond donors (Lipinski definition) is 1. The van der Waals surface area contributed by atoms with E-state index in [1.54, 1.807) is 11.8 Å². The second-order valence-electron chi connectivity index (χ2n) is 5.86. The summed E-state index contributed by atoms with van der Waals surface area (Å²) in [7, 11) is 0. The molecular weight excluding hydrogens is 268 g/mol. The van der Waals surface area contributed by atoms with Crippen LogP contribution in [0.25, 0.3) is 0 Å². The lowest BCUT2D eigenvalue weighted by Crippen LogP contribution is -2.38. The van der Waals surface area contributed by atoms with E-state index in [4.69, 9.17) is 0 Å². The maximum absolute atomic E-state index is 11.6. The number of fused-ring (bicyclic) bond motifs is 1. The van der Waals surface area contributed by atoms with Crippen molar-refractivity contribution < 1.29 is 14.7 Å². The molecule has 1 aromatic carbocycles. The molecule has 2 aliphatic rings. The molecule has 2 heterocycles. The second-order valence-corrected chi connectivity index (χ2v) is 5.86. The molecule has 5 nitrogen and oxygen atoms in total. The average molecular weight is 288 g/mol. The Balaban J connectivity index is 1.81. The van der Waals surface area contributed by atoms with Gasteiger partial charge in [0.1, 0.15) is 0 Å². The van der Waals surface area contributed by atoms with Crippen LogP contribution in [0, 0.1) is 5.92 Å². The Kier molecular flexibility index (Phi) is 3.57. The highest BCUT2D eigenvalue weighted by Crippen LogP contribution is 2.33. The quantitative estimate of drug-likeness (QED) is 0.903. The number of carboxylic acids is 1. The fourth-order valence-electron chi connectivity index (χ4n) is 3.33. The fraction of sp³-hybridized carbons (Fsp3) is 0.500. The molecule has 21 heavy (non-hydrogen) atoms. The van der Waals surface area contributed by atoms with E-state index >= 15 is 0 Å². The molecule has 1 amide bonds. The molecule has 0 saturated carbocycles. The summed E-state index contributed by atoms with van der Waals surface area (Å²) in [6.07, 6.45) is 2.54. The first-order valence-electron chi connectivity index (χ1n) is 7.45. The minimum atomic E-state index is -0.705. The van der Waals surface area contributed by atoms with Crippen LogP contribution >= 0.6 is 0 Å². The van der Waals surface area contributed by atoms with Gasteiger partial charge < -0.3 is 14.9 Å². The Labute approximate surface area is 124 Å². The summed E-state index contributed by atoms with van der Waals surface area (Å²) >= 11 is 0. The van der Waals surface area contributed by atoms with Crippen LogP contribution < -0.4 is 9.80 Å². The molecule has 1 fully saturated rings. The molecule has 0 spiro atoms. The van der Waals surface area contributed by atoms with Crippen LogP contribution in [0.1, 0.15) is 25.3 Å². The predicted octanol–water partition coefficient (Wildman–Crippen LogP) is 1.90. The SMILES string of the molecule is CC(=O)N1CCc2cc(N3CCCC(C(=O)O)C3)ccc21. The number of carbonyl (C=O) groups is 2. The third-order valence-electron chi connectivity index (χ3n) is 4.47. The van der Waals surface area contributed by atoms with E-state index in [1.165, 1.54) is 5.56 Å². The van der Waals surface area contributed by atoms with Crippen LogP contribution in [0.15, 0.2) is 18.2 Å². The van der Waals surface area contributed by atoms with Gasteiger partial charge in [-0.2, -0.15) is 0 Å². The van der Waals surface area contributed by atoms with Crippen molar-refractivity contribution in [2.24, 2.45) is 5.92 Å². The average Bonchev–Trinajstić information content (AvgIpc) is 2.90. The molecule has 3 rings (SSSR count). The largest absolute Gasteiger partial charge is 0.481 e. The van der Waals surface area contributed by atoms with Crippen molar-refractivity contribution in [3.63, 3.8) is 0 Å². The maximum atomic E-state index is 11.6. The molecule has 0 bridgehead atoms. The van der Waals surface area contributed by atoms with E-state index in [0.29, 0.717) is 6.54 Å². The highest BCUT2D eigenvalue weighted by Gasteiger charge is 2.27. The molecule has 1 aromatic rings. The zero-order valence-electron chi connectivity index (χ0n) is 12.2. The van der Waals surface area contributed by atoms with Gasteiger partial charge in [0.25, 0.3) is 0 Å². The lowest BCUT2D eigenvalue weighted by molar-refractivity contribution is -0.142. The maximum Gasteiger partial charge on any atom is 0.308 e. The Morgan fingerprint density at radius 1 is 1.29 bits per heavy atom. The lowest BCUT2D eigenvalue weighted by Gasteiger charge is -2.33. The standard InChI is InChI=1S/C16H20N2O3/c1-11(19)18-8-6-12-9-14(4-5-15(12)18)17-7-2-3-13(10-17)16(20)21/h4-5,9,13H,2-3,6-8,10H2,1H3,(H,20,21). The number of carboxylic acid groups (broad SMARTS) is 1. The van der Waals surface area contributed by atoms with Crippen molar-refractivity contribution in [2.75, 3.05) is 29.4 Å². The van der Waals surface area contributed by atoms with Crippen LogP contribution in [0.2, 0.25) is 0 Å². The summed E-state index contributed by atoms with van der Waals surface area (Å²) in [4.78, 5) is 26.7. The fourth-order valence-corrected chi connectivity index (χ4v) is 3.33. The molecular formula is C16H20N2O3. The third-order valence-corrected chi connectivity index (χ3v) is 4.47. The third kappa shape index (κ3) is 2.60. The zero-order chi connectivity index (χ0) is 15.0. The molecule has 2 aliphatic heterocycles. The van der Waals surface area contributed by atoms with E-state index in [9.17, 15) is 14.7 Å². The molecule has 0 aromatic heterocycles. The van der Waals surface area contributed by atoms with E-state index < -0.39 is 5.97 Å². The predicted molar refractivity (Wildman–Crippen MR) is 80.7 cm³/mol. The highest BCUT2D eigenvalue weighted by atomic mass is 16.4. The molecule has 112 valence electrons. The molecule has 1 N–H and O–H groups in total. The van der Waals surface area contributed by atoms with Crippen LogP contribution in [-0.2, 0) is 16.0 Å². The second kappa shape index (κ2) is 5.39. The highest BCUT2D eigenvalue weighted by molar-refractivity contribution is 5.94. The Bertz CT molecular complexity index is 585. The minimum Gasteiger partial charge on any atom is -0.481 e. The van der Waals surface area contributed by atoms with Gasteiger partial charge in [0, 0.05) is 37.9 Å². The van der Waals surface area contributed by atoms with Gasteiger partial charge in [0.15, 0.2) is 0 Å². The summed E-state index contributed by atoms with van der Waals surface area (Å²) in [5.74, 6) is -0.908. The number of rotatable bonds is 2. The monoisotopic (exact) mass is 288 g/mol. The first-order chi connectivity index (χ1) is 10.1. The molecule has 1 saturated heterocycles. The number of aliphatic carboxylic acids is 1. The number of piperidine rings is 1. The van der Waals surface area contributed by atoms with E-state index in [2.05, 4.69) is 11.0 Å². The van der Waals surface area contributed by atoms with Gasteiger partial charge in [-0.25, -0.2) is 0 Å². The number of amides is 1. The minimum absolute atomic E-state index is 0.0745. The van der Waals surface area contributed by atoms with Gasteiger partial charge in [0.05, 0.1) is 5.92 Å². The molecule has 0 aliphatic carbocycles. The van der Waals surface area contributed by atoms with Gasteiger partial charge in [0.2, 0.25) is 5.91 Å². The topological polar surface area (TPSA) is 60.9 Å². The van der Waals surface area contributed by atoms with Crippen molar-refractivity contribution in [1.82, 2.24) is 0 Å². The van der Waals surface area contributed by atoms with Crippen molar-refractivity contribution in [1.29, 1.82) is 0 Å². The summed E-state index contributed by atoms with van der Waals surface area (Å²) in [6.45, 7) is 3.81. The van der Waals surface area contributed by atoms with Crippen LogP contribution in [0.5, 0.6) is 0 Å². The Morgan fingerprint density at radius 3 is 2.81 bits per heavy atom. The van der Waals surface area contributed by atoms with Gasteiger partial charge in [-0.3, -0.25) is 9.59 Å².